The molecule has 1 aromatic carbocycles. The summed E-state index contributed by atoms with van der Waals surface area (Å²) in [7, 11) is 0. The highest BCUT2D eigenvalue weighted by atomic mass is 79.9. The largest absolute Gasteiger partial charge is 0.504 e. The number of benzene rings is 1. The van der Waals surface area contributed by atoms with Crippen LogP contribution in [0, 0.1) is 0 Å². The first kappa shape index (κ1) is 19.0. The lowest BCUT2D eigenvalue weighted by atomic mass is 10.0. The molecule has 0 aliphatic heterocycles. The monoisotopic (exact) mass is 428 g/mol. The minimum absolute atomic E-state index is 0.0617. The maximum Gasteiger partial charge on any atom is 0.306 e. The van der Waals surface area contributed by atoms with Gasteiger partial charge in [0.25, 0.3) is 0 Å². The van der Waals surface area contributed by atoms with Gasteiger partial charge in [-0.3, -0.25) is 14.6 Å². The summed E-state index contributed by atoms with van der Waals surface area (Å²) in [6, 6.07) is 11.0. The molecule has 138 valence electrons. The zero-order valence-electron chi connectivity index (χ0n) is 14.6. The summed E-state index contributed by atoms with van der Waals surface area (Å²) < 4.78 is 5.19. The van der Waals surface area contributed by atoms with Gasteiger partial charge in [-0.1, -0.05) is 18.2 Å². The van der Waals surface area contributed by atoms with Crippen molar-refractivity contribution in [2.75, 3.05) is 6.61 Å². The lowest BCUT2D eigenvalue weighted by Crippen LogP contribution is -2.10. The normalized spacial score (nSPS) is 10.7. The maximum absolute atomic E-state index is 12.5. The van der Waals surface area contributed by atoms with E-state index in [0.29, 0.717) is 10.2 Å². The Hall–Kier alpha value is -2.80. The molecular weight excluding hydrogens is 412 g/mol. The van der Waals surface area contributed by atoms with Crippen LogP contribution in [0.1, 0.15) is 30.3 Å². The van der Waals surface area contributed by atoms with Crippen LogP contribution in [0.25, 0.3) is 22.2 Å². The topological polar surface area (TPSA) is 89.4 Å². The molecule has 0 aliphatic rings. The number of Topliss-reactive ketones (excluding diaryl/α,β-unsaturated/α-hetero) is 1. The van der Waals surface area contributed by atoms with Gasteiger partial charge in [0.05, 0.1) is 28.7 Å². The molecule has 0 fully saturated rings. The molecule has 0 radical (unpaired) electrons. The second-order valence-corrected chi connectivity index (χ2v) is 6.64. The average Bonchev–Trinajstić information content (AvgIpc) is 2.68. The number of carbonyl (C=O) groups is 2. The zero-order chi connectivity index (χ0) is 19.4. The summed E-state index contributed by atoms with van der Waals surface area (Å²) in [5.41, 5.74) is 2.04. The predicted octanol–water partition coefficient (Wildman–Crippen LogP) is 4.29. The molecule has 0 aliphatic carbocycles. The standard InChI is InChI=1S/C20H17BrN2O4/c1-2-27-18(25)9-8-17(24)19-20(26)14(21)11-16(23-19)13-5-3-7-15-12(13)6-4-10-22-15/h3-7,10-11,26H,2,8-9H2,1H3. The summed E-state index contributed by atoms with van der Waals surface area (Å²) in [6.45, 7) is 1.96. The SMILES string of the molecule is CCOC(=O)CCC(=O)c1nc(-c2cccc3ncccc23)cc(Br)c1O. The van der Waals surface area contributed by atoms with E-state index in [4.69, 9.17) is 4.74 Å². The number of halogens is 1. The Bertz CT molecular complexity index is 1010. The highest BCUT2D eigenvalue weighted by Crippen LogP contribution is 2.34. The molecule has 0 saturated carbocycles. The van der Waals surface area contributed by atoms with Crippen molar-refractivity contribution in [2.45, 2.75) is 19.8 Å². The molecule has 3 aromatic rings. The number of aromatic nitrogens is 2. The molecule has 2 aromatic heterocycles. The van der Waals surface area contributed by atoms with E-state index in [1.54, 1.807) is 19.2 Å². The van der Waals surface area contributed by atoms with Gasteiger partial charge >= 0.3 is 5.97 Å². The van der Waals surface area contributed by atoms with Gasteiger partial charge in [-0.15, -0.1) is 0 Å². The van der Waals surface area contributed by atoms with Crippen molar-refractivity contribution in [1.29, 1.82) is 0 Å². The van der Waals surface area contributed by atoms with Crippen molar-refractivity contribution >= 4 is 38.6 Å². The predicted molar refractivity (Wildman–Crippen MR) is 105 cm³/mol. The van der Waals surface area contributed by atoms with E-state index in [0.717, 1.165) is 16.5 Å². The summed E-state index contributed by atoms with van der Waals surface area (Å²) in [4.78, 5) is 32.7. The van der Waals surface area contributed by atoms with E-state index in [1.807, 2.05) is 30.3 Å². The number of rotatable bonds is 6. The van der Waals surface area contributed by atoms with E-state index in [9.17, 15) is 14.7 Å². The number of ketones is 1. The first-order chi connectivity index (χ1) is 13.0. The molecule has 27 heavy (non-hydrogen) atoms. The molecule has 0 spiro atoms. The van der Waals surface area contributed by atoms with Gasteiger partial charge in [0.2, 0.25) is 0 Å². The number of esters is 1. The first-order valence-electron chi connectivity index (χ1n) is 8.43. The molecule has 0 bridgehead atoms. The smallest absolute Gasteiger partial charge is 0.306 e. The van der Waals surface area contributed by atoms with Gasteiger partial charge in [-0.2, -0.15) is 0 Å². The Kier molecular flexibility index (Phi) is 5.81. The highest BCUT2D eigenvalue weighted by Gasteiger charge is 2.20. The number of hydrogen-bond donors (Lipinski definition) is 1. The molecule has 2 heterocycles. The van der Waals surface area contributed by atoms with Crippen LogP contribution in [-0.4, -0.2) is 33.4 Å². The van der Waals surface area contributed by atoms with Gasteiger partial charge in [-0.25, -0.2) is 4.98 Å². The fourth-order valence-corrected chi connectivity index (χ4v) is 3.14. The van der Waals surface area contributed by atoms with Gasteiger partial charge in [-0.05, 0) is 41.1 Å². The Morgan fingerprint density at radius 1 is 1.19 bits per heavy atom. The van der Waals surface area contributed by atoms with Gasteiger partial charge in [0.15, 0.2) is 11.5 Å². The van der Waals surface area contributed by atoms with Crippen molar-refractivity contribution < 1.29 is 19.4 Å². The third-order valence-corrected chi connectivity index (χ3v) is 4.60. The fraction of sp³-hybridized carbons (Fsp3) is 0.200. The molecular formula is C20H17BrN2O4. The van der Waals surface area contributed by atoms with E-state index in [-0.39, 0.29) is 30.9 Å². The molecule has 7 heteroatoms. The van der Waals surface area contributed by atoms with Crippen LogP contribution in [-0.2, 0) is 9.53 Å². The summed E-state index contributed by atoms with van der Waals surface area (Å²) >= 11 is 3.28. The van der Waals surface area contributed by atoms with Crippen molar-refractivity contribution in [3.63, 3.8) is 0 Å². The molecule has 0 atom stereocenters. The highest BCUT2D eigenvalue weighted by molar-refractivity contribution is 9.10. The minimum Gasteiger partial charge on any atom is -0.504 e. The fourth-order valence-electron chi connectivity index (χ4n) is 2.73. The molecule has 3 rings (SSSR count). The number of carbonyl (C=O) groups excluding carboxylic acids is 2. The lowest BCUT2D eigenvalue weighted by molar-refractivity contribution is -0.143. The number of hydrogen-bond acceptors (Lipinski definition) is 6. The van der Waals surface area contributed by atoms with Crippen molar-refractivity contribution in [3.05, 3.63) is 52.8 Å². The van der Waals surface area contributed by atoms with Crippen LogP contribution in [0.15, 0.2) is 47.1 Å². The molecule has 0 saturated heterocycles. The Morgan fingerprint density at radius 2 is 2.00 bits per heavy atom. The molecule has 0 unspecified atom stereocenters. The lowest BCUT2D eigenvalue weighted by Gasteiger charge is -2.10. The Balaban J connectivity index is 1.99. The van der Waals surface area contributed by atoms with Crippen LogP contribution < -0.4 is 0 Å². The van der Waals surface area contributed by atoms with Crippen molar-refractivity contribution in [1.82, 2.24) is 9.97 Å². The molecule has 1 N–H and O–H groups in total. The first-order valence-corrected chi connectivity index (χ1v) is 9.23. The summed E-state index contributed by atoms with van der Waals surface area (Å²) in [5.74, 6) is -1.13. The minimum atomic E-state index is -0.458. The third-order valence-electron chi connectivity index (χ3n) is 3.99. The van der Waals surface area contributed by atoms with Crippen LogP contribution in [0.2, 0.25) is 0 Å². The maximum atomic E-state index is 12.5. The van der Waals surface area contributed by atoms with Crippen molar-refractivity contribution in [2.24, 2.45) is 0 Å². The second-order valence-electron chi connectivity index (χ2n) is 5.79. The zero-order valence-corrected chi connectivity index (χ0v) is 16.2. The average molecular weight is 429 g/mol. The van der Waals surface area contributed by atoms with Gasteiger partial charge in [0, 0.05) is 23.6 Å². The number of fused-ring (bicyclic) bond motifs is 1. The second kappa shape index (κ2) is 8.26. The van der Waals surface area contributed by atoms with Crippen LogP contribution >= 0.6 is 15.9 Å². The number of nitrogens with zero attached hydrogens (tertiary/aromatic N) is 2. The number of pyridine rings is 2. The van der Waals surface area contributed by atoms with Crippen LogP contribution in [0.4, 0.5) is 0 Å². The third kappa shape index (κ3) is 4.14. The van der Waals surface area contributed by atoms with E-state index in [2.05, 4.69) is 25.9 Å². The van der Waals surface area contributed by atoms with Crippen LogP contribution in [0.5, 0.6) is 5.75 Å². The van der Waals surface area contributed by atoms with Crippen LogP contribution in [0.3, 0.4) is 0 Å². The van der Waals surface area contributed by atoms with E-state index < -0.39 is 11.8 Å². The number of ether oxygens (including phenoxy) is 1. The summed E-state index contributed by atoms with van der Waals surface area (Å²) in [5, 5.41) is 11.1. The molecule has 6 nitrogen and oxygen atoms in total. The van der Waals surface area contributed by atoms with E-state index >= 15 is 0 Å². The number of aromatic hydroxyl groups is 1. The van der Waals surface area contributed by atoms with Gasteiger partial charge < -0.3 is 9.84 Å². The Morgan fingerprint density at radius 3 is 2.78 bits per heavy atom. The van der Waals surface area contributed by atoms with Gasteiger partial charge in [0.1, 0.15) is 5.69 Å². The summed E-state index contributed by atoms with van der Waals surface area (Å²) in [6.07, 6.45) is 1.55. The van der Waals surface area contributed by atoms with Crippen molar-refractivity contribution in [3.8, 4) is 17.0 Å². The quantitative estimate of drug-likeness (QED) is 0.465. The Labute approximate surface area is 164 Å². The molecule has 0 amide bonds. The van der Waals surface area contributed by atoms with E-state index in [1.165, 1.54) is 0 Å².